The van der Waals surface area contributed by atoms with E-state index in [4.69, 9.17) is 14.0 Å². The third-order valence-electron chi connectivity index (χ3n) is 6.32. The molecule has 2 fully saturated rings. The van der Waals surface area contributed by atoms with E-state index in [1.165, 1.54) is 0 Å². The van der Waals surface area contributed by atoms with Crippen molar-refractivity contribution in [3.05, 3.63) is 53.4 Å². The molecule has 0 radical (unpaired) electrons. The van der Waals surface area contributed by atoms with Gasteiger partial charge in [-0.3, -0.25) is 0 Å². The number of hydrogen-bond donors (Lipinski definition) is 1. The zero-order chi connectivity index (χ0) is 22.9. The van der Waals surface area contributed by atoms with Crippen LogP contribution in [0.25, 0.3) is 0 Å². The number of benzene rings is 1. The predicted molar refractivity (Wildman–Crippen MR) is 117 cm³/mol. The first-order chi connectivity index (χ1) is 15.2. The highest BCUT2D eigenvalue weighted by Crippen LogP contribution is 2.63. The van der Waals surface area contributed by atoms with Gasteiger partial charge in [-0.15, -0.1) is 0 Å². The van der Waals surface area contributed by atoms with E-state index < -0.39 is 11.7 Å². The van der Waals surface area contributed by atoms with Crippen molar-refractivity contribution in [1.29, 1.82) is 0 Å². The van der Waals surface area contributed by atoms with E-state index in [1.807, 2.05) is 64.1 Å². The minimum absolute atomic E-state index is 0.169. The number of amides is 2. The number of nitrogens with zero attached hydrogens (tertiary/aromatic N) is 2. The highest BCUT2D eigenvalue weighted by Gasteiger charge is 2.68. The molecule has 1 N–H and O–H groups in total. The van der Waals surface area contributed by atoms with Crippen LogP contribution in [0.15, 0.2) is 40.9 Å². The normalized spacial score (nSPS) is 24.4. The minimum atomic E-state index is -0.540. The molecular formula is C24H31N3O5. The molecule has 1 saturated carbocycles. The second kappa shape index (κ2) is 8.48. The number of piperidine rings is 1. The first kappa shape index (κ1) is 22.2. The first-order valence-corrected chi connectivity index (χ1v) is 11.1. The molecule has 1 saturated heterocycles. The number of aromatic nitrogens is 1. The summed E-state index contributed by atoms with van der Waals surface area (Å²) >= 11 is 0. The van der Waals surface area contributed by atoms with Gasteiger partial charge < -0.3 is 24.2 Å². The second-order valence-corrected chi connectivity index (χ2v) is 9.71. The fourth-order valence-electron chi connectivity index (χ4n) is 4.78. The number of ether oxygens (including phenoxy) is 2. The fraction of sp³-hybridized carbons (Fsp3) is 0.542. The smallest absolute Gasteiger partial charge is 0.410 e. The number of hydrogen-bond acceptors (Lipinski definition) is 6. The van der Waals surface area contributed by atoms with E-state index in [1.54, 1.807) is 4.90 Å². The molecular weight excluding hydrogens is 410 g/mol. The molecule has 0 bridgehead atoms. The number of carbonyl (C=O) groups is 2. The highest BCUT2D eigenvalue weighted by molar-refractivity contribution is 5.69. The van der Waals surface area contributed by atoms with Crippen molar-refractivity contribution in [2.45, 2.75) is 51.7 Å². The van der Waals surface area contributed by atoms with Crippen molar-refractivity contribution in [2.75, 3.05) is 19.6 Å². The number of aryl methyl sites for hydroxylation is 1. The van der Waals surface area contributed by atoms with Gasteiger partial charge in [0.2, 0.25) is 0 Å². The summed E-state index contributed by atoms with van der Waals surface area (Å²) in [6.45, 7) is 9.21. The number of likely N-dealkylation sites (tertiary alicyclic amines) is 1. The van der Waals surface area contributed by atoms with Crippen LogP contribution in [0.5, 0.6) is 0 Å². The highest BCUT2D eigenvalue weighted by atomic mass is 16.6. The summed E-state index contributed by atoms with van der Waals surface area (Å²) in [6.07, 6.45) is 0.0423. The van der Waals surface area contributed by atoms with E-state index in [9.17, 15) is 9.59 Å². The molecule has 3 atom stereocenters. The van der Waals surface area contributed by atoms with Crippen molar-refractivity contribution in [2.24, 2.45) is 11.8 Å². The Kier molecular flexibility index (Phi) is 5.88. The van der Waals surface area contributed by atoms with Crippen molar-refractivity contribution >= 4 is 12.2 Å². The quantitative estimate of drug-likeness (QED) is 0.753. The lowest BCUT2D eigenvalue weighted by Crippen LogP contribution is -2.41. The largest absolute Gasteiger partial charge is 0.445 e. The Morgan fingerprint density at radius 1 is 1.25 bits per heavy atom. The van der Waals surface area contributed by atoms with Gasteiger partial charge in [0.05, 0.1) is 5.69 Å². The lowest BCUT2D eigenvalue weighted by Gasteiger charge is -2.29. The average molecular weight is 442 g/mol. The van der Waals surface area contributed by atoms with Crippen LogP contribution >= 0.6 is 0 Å². The molecule has 0 unspecified atom stereocenters. The van der Waals surface area contributed by atoms with Gasteiger partial charge in [-0.05, 0) is 51.5 Å². The van der Waals surface area contributed by atoms with Gasteiger partial charge in [0.15, 0.2) is 0 Å². The van der Waals surface area contributed by atoms with Crippen LogP contribution in [0.1, 0.15) is 44.2 Å². The van der Waals surface area contributed by atoms with Gasteiger partial charge in [0.1, 0.15) is 18.0 Å². The molecule has 32 heavy (non-hydrogen) atoms. The molecule has 2 aromatic rings. The van der Waals surface area contributed by atoms with Crippen molar-refractivity contribution in [3.8, 4) is 0 Å². The Morgan fingerprint density at radius 3 is 2.66 bits per heavy atom. The third-order valence-corrected chi connectivity index (χ3v) is 6.32. The molecule has 1 aliphatic carbocycles. The molecule has 2 aliphatic rings. The molecule has 172 valence electrons. The number of nitrogens with one attached hydrogen (secondary N) is 1. The predicted octanol–water partition coefficient (Wildman–Crippen LogP) is 4.03. The van der Waals surface area contributed by atoms with Crippen LogP contribution < -0.4 is 5.32 Å². The first-order valence-electron chi connectivity index (χ1n) is 11.1. The van der Waals surface area contributed by atoms with Gasteiger partial charge >= 0.3 is 12.2 Å². The van der Waals surface area contributed by atoms with Gasteiger partial charge in [0, 0.05) is 31.1 Å². The number of fused-ring (bicyclic) bond motifs is 1. The monoisotopic (exact) mass is 441 g/mol. The average Bonchev–Trinajstić information content (AvgIpc) is 3.19. The van der Waals surface area contributed by atoms with Crippen LogP contribution in [-0.2, 0) is 21.5 Å². The summed E-state index contributed by atoms with van der Waals surface area (Å²) in [7, 11) is 0. The standard InChI is InChI=1S/C24H31N3O5/c1-16-12-20(26-32-16)24(15-25-21(28)30-14-17-8-6-5-7-9-17)18-10-11-27(13-19(18)24)22(29)31-23(2,3)4/h5-9,12,18-19H,10-11,13-15H2,1-4H3,(H,25,28)/t18-,19+,24+/m1/s1. The Morgan fingerprint density at radius 2 is 2.00 bits per heavy atom. The lowest BCUT2D eigenvalue weighted by molar-refractivity contribution is 0.0206. The summed E-state index contributed by atoms with van der Waals surface area (Å²) in [5, 5.41) is 7.20. The molecule has 4 rings (SSSR count). The topological polar surface area (TPSA) is 93.9 Å². The summed E-state index contributed by atoms with van der Waals surface area (Å²) in [4.78, 5) is 26.8. The maximum atomic E-state index is 12.6. The molecule has 1 aromatic carbocycles. The van der Waals surface area contributed by atoms with Gasteiger partial charge in [-0.1, -0.05) is 35.5 Å². The maximum Gasteiger partial charge on any atom is 0.410 e. The second-order valence-electron chi connectivity index (χ2n) is 9.71. The van der Waals surface area contributed by atoms with E-state index in [0.29, 0.717) is 25.6 Å². The molecule has 8 heteroatoms. The van der Waals surface area contributed by atoms with E-state index in [-0.39, 0.29) is 24.0 Å². The SMILES string of the molecule is Cc1cc([C@@]2(CNC(=O)OCc3ccccc3)[C@@H]3CCN(C(=O)OC(C)(C)C)C[C@@H]32)no1. The zero-order valence-electron chi connectivity index (χ0n) is 19.1. The summed E-state index contributed by atoms with van der Waals surface area (Å²) < 4.78 is 16.3. The Hall–Kier alpha value is -3.03. The molecule has 8 nitrogen and oxygen atoms in total. The maximum absolute atomic E-state index is 12.6. The Balaban J connectivity index is 1.42. The van der Waals surface area contributed by atoms with Crippen LogP contribution in [0.4, 0.5) is 9.59 Å². The lowest BCUT2D eigenvalue weighted by atomic mass is 9.96. The van der Waals surface area contributed by atoms with Crippen molar-refractivity contribution in [3.63, 3.8) is 0 Å². The zero-order valence-corrected chi connectivity index (χ0v) is 19.1. The molecule has 1 aromatic heterocycles. The molecule has 1 aliphatic heterocycles. The molecule has 2 amide bonds. The molecule has 2 heterocycles. The van der Waals surface area contributed by atoms with Crippen LogP contribution in [0.2, 0.25) is 0 Å². The summed E-state index contributed by atoms with van der Waals surface area (Å²) in [5.41, 5.74) is 0.833. The fourth-order valence-corrected chi connectivity index (χ4v) is 4.78. The van der Waals surface area contributed by atoms with Crippen LogP contribution in [0.3, 0.4) is 0 Å². The Bertz CT molecular complexity index is 968. The summed E-state index contributed by atoms with van der Waals surface area (Å²) in [6, 6.07) is 11.5. The summed E-state index contributed by atoms with van der Waals surface area (Å²) in [5.74, 6) is 1.20. The Labute approximate surface area is 188 Å². The van der Waals surface area contributed by atoms with Crippen molar-refractivity contribution in [1.82, 2.24) is 15.4 Å². The van der Waals surface area contributed by atoms with Crippen LogP contribution in [0, 0.1) is 18.8 Å². The van der Waals surface area contributed by atoms with E-state index >= 15 is 0 Å². The van der Waals surface area contributed by atoms with E-state index in [0.717, 1.165) is 23.4 Å². The van der Waals surface area contributed by atoms with Gasteiger partial charge in [-0.2, -0.15) is 0 Å². The third kappa shape index (κ3) is 4.59. The van der Waals surface area contributed by atoms with Gasteiger partial charge in [-0.25, -0.2) is 9.59 Å². The van der Waals surface area contributed by atoms with E-state index in [2.05, 4.69) is 10.5 Å². The number of rotatable bonds is 5. The van der Waals surface area contributed by atoms with Crippen molar-refractivity contribution < 1.29 is 23.6 Å². The number of carbonyl (C=O) groups excluding carboxylic acids is 2. The number of alkyl carbamates (subject to hydrolysis) is 1. The van der Waals surface area contributed by atoms with Gasteiger partial charge in [0.25, 0.3) is 0 Å². The molecule has 0 spiro atoms. The minimum Gasteiger partial charge on any atom is -0.445 e. The van der Waals surface area contributed by atoms with Crippen LogP contribution in [-0.4, -0.2) is 47.5 Å².